The fourth-order valence-electron chi connectivity index (χ4n) is 7.17. The third-order valence-electron chi connectivity index (χ3n) is 9.69. The van der Waals surface area contributed by atoms with E-state index in [1.807, 2.05) is 59.3 Å². The highest BCUT2D eigenvalue weighted by molar-refractivity contribution is 6.00. The molecule has 1 aliphatic carbocycles. The number of allylic oxidation sites excluding steroid dienone is 4. The number of benzene rings is 6. The van der Waals surface area contributed by atoms with Gasteiger partial charge in [0, 0.05) is 22.6 Å². The van der Waals surface area contributed by atoms with Gasteiger partial charge in [-0.2, -0.15) is 0 Å². The Labute approximate surface area is 290 Å². The lowest BCUT2D eigenvalue weighted by atomic mass is 9.80. The molecule has 0 saturated carbocycles. The smallest absolute Gasteiger partial charge is 0.160 e. The molecule has 0 spiro atoms. The zero-order chi connectivity index (χ0) is 33.4. The molecular formula is C45H33N5. The predicted molar refractivity (Wildman–Crippen MR) is 204 cm³/mol. The van der Waals surface area contributed by atoms with Crippen molar-refractivity contribution in [3.8, 4) is 45.0 Å². The summed E-state index contributed by atoms with van der Waals surface area (Å²) in [5.41, 5.74) is 11.6. The van der Waals surface area contributed by atoms with E-state index in [2.05, 4.69) is 133 Å². The van der Waals surface area contributed by atoms with Crippen LogP contribution in [0.4, 0.5) is 0 Å². The molecule has 0 N–H and O–H groups in total. The summed E-state index contributed by atoms with van der Waals surface area (Å²) < 4.78 is 1.94. The van der Waals surface area contributed by atoms with E-state index in [9.17, 15) is 0 Å². The van der Waals surface area contributed by atoms with Crippen LogP contribution in [0.3, 0.4) is 0 Å². The van der Waals surface area contributed by atoms with Crippen LogP contribution < -0.4 is 0 Å². The van der Waals surface area contributed by atoms with Crippen molar-refractivity contribution < 1.29 is 0 Å². The number of hydrogen-bond donors (Lipinski definition) is 0. The van der Waals surface area contributed by atoms with Crippen molar-refractivity contribution >= 4 is 27.5 Å². The molecule has 0 radical (unpaired) electrons. The quantitative estimate of drug-likeness (QED) is 0.181. The minimum absolute atomic E-state index is 0.211. The minimum Gasteiger partial charge on any atom is -0.228 e. The first kappa shape index (κ1) is 29.7. The van der Waals surface area contributed by atoms with Crippen LogP contribution in [0.25, 0.3) is 72.5 Å². The van der Waals surface area contributed by atoms with Crippen LogP contribution in [0.5, 0.6) is 0 Å². The number of nitrogens with zero attached hydrogens (tertiary/aromatic N) is 5. The third-order valence-corrected chi connectivity index (χ3v) is 9.69. The van der Waals surface area contributed by atoms with Gasteiger partial charge in [0.1, 0.15) is 5.52 Å². The molecule has 1 aliphatic rings. The topological polar surface area (TPSA) is 56.5 Å². The Morgan fingerprint density at radius 3 is 1.92 bits per heavy atom. The van der Waals surface area contributed by atoms with Crippen LogP contribution in [-0.2, 0) is 0 Å². The van der Waals surface area contributed by atoms with E-state index in [0.29, 0.717) is 5.82 Å². The highest BCUT2D eigenvalue weighted by Crippen LogP contribution is 2.41. The summed E-state index contributed by atoms with van der Waals surface area (Å²) in [5.74, 6) is 1.18. The second-order valence-corrected chi connectivity index (χ2v) is 12.8. The molecule has 0 bridgehead atoms. The fourth-order valence-corrected chi connectivity index (χ4v) is 7.17. The van der Waals surface area contributed by atoms with Gasteiger partial charge < -0.3 is 0 Å². The number of para-hydroxylation sites is 1. The van der Waals surface area contributed by atoms with Crippen LogP contribution in [0.2, 0.25) is 0 Å². The maximum Gasteiger partial charge on any atom is 0.160 e. The fraction of sp³-hybridized carbons (Fsp3) is 0.0667. The minimum atomic E-state index is 0.211. The van der Waals surface area contributed by atoms with Gasteiger partial charge >= 0.3 is 0 Å². The van der Waals surface area contributed by atoms with Gasteiger partial charge in [-0.1, -0.05) is 158 Å². The van der Waals surface area contributed by atoms with E-state index < -0.39 is 0 Å². The normalized spacial score (nSPS) is 15.7. The van der Waals surface area contributed by atoms with Gasteiger partial charge in [-0.05, 0) is 57.7 Å². The Balaban J connectivity index is 1.08. The van der Waals surface area contributed by atoms with E-state index in [0.717, 1.165) is 50.4 Å². The molecule has 2 unspecified atom stereocenters. The molecule has 2 heterocycles. The first-order chi connectivity index (χ1) is 24.7. The average molecular weight is 644 g/mol. The highest BCUT2D eigenvalue weighted by atomic mass is 15.4. The highest BCUT2D eigenvalue weighted by Gasteiger charge is 2.23. The first-order valence-corrected chi connectivity index (χ1v) is 17.0. The Hall–Kier alpha value is -6.46. The number of fused-ring (bicyclic) bond motifs is 2. The monoisotopic (exact) mass is 643 g/mol. The summed E-state index contributed by atoms with van der Waals surface area (Å²) >= 11 is 0. The van der Waals surface area contributed by atoms with Gasteiger partial charge in [0.25, 0.3) is 0 Å². The summed E-state index contributed by atoms with van der Waals surface area (Å²) in [6, 6.07) is 52.8. The lowest BCUT2D eigenvalue weighted by Crippen LogP contribution is -2.12. The Morgan fingerprint density at radius 1 is 0.580 bits per heavy atom. The van der Waals surface area contributed by atoms with Crippen molar-refractivity contribution in [2.75, 3.05) is 0 Å². The zero-order valence-corrected chi connectivity index (χ0v) is 27.6. The Kier molecular flexibility index (Phi) is 7.43. The molecule has 2 aromatic heterocycles. The number of hydrogen-bond acceptors (Lipinski definition) is 4. The second kappa shape index (κ2) is 12.5. The summed E-state index contributed by atoms with van der Waals surface area (Å²) in [7, 11) is 0. The molecule has 9 rings (SSSR count). The van der Waals surface area contributed by atoms with Gasteiger partial charge in [-0.15, -0.1) is 5.10 Å². The van der Waals surface area contributed by atoms with Gasteiger partial charge in [-0.3, -0.25) is 0 Å². The van der Waals surface area contributed by atoms with Crippen LogP contribution in [0.1, 0.15) is 18.4 Å². The predicted octanol–water partition coefficient (Wildman–Crippen LogP) is 10.9. The lowest BCUT2D eigenvalue weighted by molar-refractivity contribution is 0.634. The number of rotatable bonds is 6. The van der Waals surface area contributed by atoms with E-state index in [1.54, 1.807) is 0 Å². The molecule has 6 aromatic carbocycles. The van der Waals surface area contributed by atoms with Crippen molar-refractivity contribution in [3.05, 3.63) is 175 Å². The molecular weight excluding hydrogens is 611 g/mol. The third kappa shape index (κ3) is 5.39. The van der Waals surface area contributed by atoms with Crippen molar-refractivity contribution in [3.63, 3.8) is 0 Å². The van der Waals surface area contributed by atoms with Gasteiger partial charge in [0.15, 0.2) is 5.82 Å². The molecule has 0 fully saturated rings. The lowest BCUT2D eigenvalue weighted by Gasteiger charge is -2.26. The molecule has 5 nitrogen and oxygen atoms in total. The Bertz CT molecular complexity index is 2490. The van der Waals surface area contributed by atoms with E-state index in [1.165, 1.54) is 21.9 Å². The zero-order valence-electron chi connectivity index (χ0n) is 27.6. The first-order valence-electron chi connectivity index (χ1n) is 17.0. The Morgan fingerprint density at radius 2 is 1.22 bits per heavy atom. The molecule has 2 atom stereocenters. The summed E-state index contributed by atoms with van der Waals surface area (Å²) in [5, 5.41) is 11.3. The van der Waals surface area contributed by atoms with E-state index >= 15 is 0 Å². The van der Waals surface area contributed by atoms with Crippen molar-refractivity contribution in [2.24, 2.45) is 5.92 Å². The standard InChI is InChI=1S/C45H33N5/c1-30-28-36(50-43-21-9-8-20-40(43)48-49-50)26-27-37(30)39-19-11-17-34-16-10-18-38(44(34)39)31-22-24-35(25-23-31)45-46-41(32-12-4-2-5-13-32)29-42(47-45)33-14-6-3-7-15-33/h2-30,37H,1H3. The molecule has 0 amide bonds. The van der Waals surface area contributed by atoms with E-state index in [-0.39, 0.29) is 11.8 Å². The maximum atomic E-state index is 5.04. The van der Waals surface area contributed by atoms with Crippen LogP contribution in [-0.4, -0.2) is 25.0 Å². The van der Waals surface area contributed by atoms with Crippen molar-refractivity contribution in [2.45, 2.75) is 12.8 Å². The van der Waals surface area contributed by atoms with Crippen LogP contribution in [0.15, 0.2) is 170 Å². The summed E-state index contributed by atoms with van der Waals surface area (Å²) in [6.07, 6.45) is 6.83. The van der Waals surface area contributed by atoms with Gasteiger partial charge in [0.2, 0.25) is 0 Å². The van der Waals surface area contributed by atoms with E-state index in [4.69, 9.17) is 9.97 Å². The molecule has 0 aliphatic heterocycles. The second-order valence-electron chi connectivity index (χ2n) is 12.8. The molecule has 238 valence electrons. The molecule has 50 heavy (non-hydrogen) atoms. The maximum absolute atomic E-state index is 5.04. The van der Waals surface area contributed by atoms with Crippen LogP contribution in [0, 0.1) is 5.92 Å². The molecule has 0 saturated heterocycles. The SMILES string of the molecule is CC1C=C(n2nnc3ccccc32)C=CC1c1cccc2cccc(-c3ccc(-c4nc(-c5ccccc5)cc(-c5ccccc5)n4)cc3)c12. The van der Waals surface area contributed by atoms with Crippen molar-refractivity contribution in [1.82, 2.24) is 25.0 Å². The number of aromatic nitrogens is 5. The summed E-state index contributed by atoms with van der Waals surface area (Å²) in [4.78, 5) is 10.1. The van der Waals surface area contributed by atoms with Crippen LogP contribution >= 0.6 is 0 Å². The van der Waals surface area contributed by atoms with Crippen molar-refractivity contribution in [1.29, 1.82) is 0 Å². The molecule has 8 aromatic rings. The largest absolute Gasteiger partial charge is 0.228 e. The molecule has 5 heteroatoms. The van der Waals surface area contributed by atoms with Gasteiger partial charge in [0.05, 0.1) is 22.6 Å². The van der Waals surface area contributed by atoms with Gasteiger partial charge in [-0.25, -0.2) is 14.6 Å². The average Bonchev–Trinajstić information content (AvgIpc) is 3.62. The summed E-state index contributed by atoms with van der Waals surface area (Å²) in [6.45, 7) is 2.29.